The van der Waals surface area contributed by atoms with Gasteiger partial charge < -0.3 is 11.1 Å². The van der Waals surface area contributed by atoms with Crippen molar-refractivity contribution in [3.8, 4) is 0 Å². The first kappa shape index (κ1) is 15.3. The number of nitrogens with two attached hydrogens (primary N) is 1. The highest BCUT2D eigenvalue weighted by molar-refractivity contribution is 8.00. The SMILES string of the molecule is Nc1ccc(SCC(=O)NCc2ccccc2F)cc1F. The molecule has 0 aliphatic carbocycles. The minimum atomic E-state index is -0.508. The average molecular weight is 308 g/mol. The molecule has 0 heterocycles. The van der Waals surface area contributed by atoms with Crippen molar-refractivity contribution in [1.29, 1.82) is 0 Å². The molecule has 0 aliphatic rings. The fraction of sp³-hybridized carbons (Fsp3) is 0.133. The van der Waals surface area contributed by atoms with Crippen molar-refractivity contribution in [1.82, 2.24) is 5.32 Å². The monoisotopic (exact) mass is 308 g/mol. The molecule has 3 nitrogen and oxygen atoms in total. The number of carbonyl (C=O) groups excluding carboxylic acids is 1. The van der Waals surface area contributed by atoms with E-state index in [9.17, 15) is 13.6 Å². The van der Waals surface area contributed by atoms with Crippen molar-refractivity contribution in [3.63, 3.8) is 0 Å². The number of nitrogens with one attached hydrogen (secondary N) is 1. The highest BCUT2D eigenvalue weighted by Gasteiger charge is 2.06. The van der Waals surface area contributed by atoms with Gasteiger partial charge >= 0.3 is 0 Å². The van der Waals surface area contributed by atoms with Crippen molar-refractivity contribution in [3.05, 3.63) is 59.7 Å². The molecule has 0 bridgehead atoms. The van der Waals surface area contributed by atoms with Gasteiger partial charge in [0, 0.05) is 17.0 Å². The lowest BCUT2D eigenvalue weighted by Crippen LogP contribution is -2.25. The summed E-state index contributed by atoms with van der Waals surface area (Å²) in [6.45, 7) is 0.127. The van der Waals surface area contributed by atoms with E-state index in [1.165, 1.54) is 30.0 Å². The molecule has 0 spiro atoms. The normalized spacial score (nSPS) is 10.4. The predicted molar refractivity (Wildman–Crippen MR) is 79.8 cm³/mol. The fourth-order valence-electron chi connectivity index (χ4n) is 1.63. The fourth-order valence-corrected chi connectivity index (χ4v) is 2.38. The van der Waals surface area contributed by atoms with E-state index in [0.717, 1.165) is 0 Å². The molecule has 2 aromatic rings. The van der Waals surface area contributed by atoms with Gasteiger partial charge in [-0.15, -0.1) is 11.8 Å². The van der Waals surface area contributed by atoms with Crippen LogP contribution >= 0.6 is 11.8 Å². The van der Waals surface area contributed by atoms with E-state index in [4.69, 9.17) is 5.73 Å². The summed E-state index contributed by atoms with van der Waals surface area (Å²) in [5, 5.41) is 2.62. The van der Waals surface area contributed by atoms with Gasteiger partial charge in [-0.05, 0) is 24.3 Å². The quantitative estimate of drug-likeness (QED) is 0.659. The molecule has 2 rings (SSSR count). The molecule has 0 saturated heterocycles. The molecule has 1 amide bonds. The summed E-state index contributed by atoms with van der Waals surface area (Å²) >= 11 is 1.19. The second kappa shape index (κ2) is 7.08. The third kappa shape index (κ3) is 4.46. The number of hydrogen-bond acceptors (Lipinski definition) is 3. The van der Waals surface area contributed by atoms with Crippen LogP contribution in [0.5, 0.6) is 0 Å². The molecule has 110 valence electrons. The third-order valence-electron chi connectivity index (χ3n) is 2.78. The van der Waals surface area contributed by atoms with Crippen LogP contribution in [-0.4, -0.2) is 11.7 Å². The van der Waals surface area contributed by atoms with Gasteiger partial charge in [0.25, 0.3) is 0 Å². The first-order valence-electron chi connectivity index (χ1n) is 6.24. The summed E-state index contributed by atoms with van der Waals surface area (Å²) in [7, 11) is 0. The van der Waals surface area contributed by atoms with Crippen LogP contribution in [0.3, 0.4) is 0 Å². The number of nitrogen functional groups attached to an aromatic ring is 1. The first-order chi connectivity index (χ1) is 10.1. The molecule has 6 heteroatoms. The summed E-state index contributed by atoms with van der Waals surface area (Å²) in [4.78, 5) is 12.3. The van der Waals surface area contributed by atoms with Crippen LogP contribution in [0.2, 0.25) is 0 Å². The van der Waals surface area contributed by atoms with Crippen LogP contribution in [-0.2, 0) is 11.3 Å². The van der Waals surface area contributed by atoms with Crippen LogP contribution in [0.15, 0.2) is 47.4 Å². The summed E-state index contributed by atoms with van der Waals surface area (Å²) < 4.78 is 26.6. The number of carbonyl (C=O) groups is 1. The zero-order chi connectivity index (χ0) is 15.2. The van der Waals surface area contributed by atoms with E-state index in [0.29, 0.717) is 10.5 Å². The Kier molecular flexibility index (Phi) is 5.16. The minimum absolute atomic E-state index is 0.0726. The Morgan fingerprint density at radius 3 is 2.62 bits per heavy atom. The van der Waals surface area contributed by atoms with Crippen LogP contribution in [0, 0.1) is 11.6 Å². The standard InChI is InChI=1S/C15H14F2N2OS/c16-12-4-2-1-3-10(12)8-19-15(20)9-21-11-5-6-14(18)13(17)7-11/h1-7H,8-9,18H2,(H,19,20). The van der Waals surface area contributed by atoms with Crippen molar-refractivity contribution in [2.75, 3.05) is 11.5 Å². The Morgan fingerprint density at radius 2 is 1.90 bits per heavy atom. The molecule has 0 aliphatic heterocycles. The Labute approximate surface area is 125 Å². The van der Waals surface area contributed by atoms with Crippen molar-refractivity contribution >= 4 is 23.4 Å². The molecule has 3 N–H and O–H groups in total. The van der Waals surface area contributed by atoms with Gasteiger partial charge in [-0.25, -0.2) is 8.78 Å². The zero-order valence-electron chi connectivity index (χ0n) is 11.1. The number of rotatable bonds is 5. The maximum atomic E-state index is 13.4. The summed E-state index contributed by atoms with van der Waals surface area (Å²) in [5.74, 6) is -0.990. The van der Waals surface area contributed by atoms with Gasteiger partial charge in [-0.1, -0.05) is 18.2 Å². The Balaban J connectivity index is 1.82. The number of amides is 1. The van der Waals surface area contributed by atoms with Gasteiger partial charge in [0.05, 0.1) is 11.4 Å². The largest absolute Gasteiger partial charge is 0.396 e. The van der Waals surface area contributed by atoms with Gasteiger partial charge in [0.15, 0.2) is 0 Å². The van der Waals surface area contributed by atoms with E-state index < -0.39 is 5.82 Å². The van der Waals surface area contributed by atoms with Gasteiger partial charge in [-0.3, -0.25) is 4.79 Å². The third-order valence-corrected chi connectivity index (χ3v) is 3.77. The molecule has 0 radical (unpaired) electrons. The van der Waals surface area contributed by atoms with Gasteiger partial charge in [0.2, 0.25) is 5.91 Å². The molecule has 0 fully saturated rings. The molecule has 0 saturated carbocycles. The predicted octanol–water partition coefficient (Wildman–Crippen LogP) is 2.96. The second-order valence-corrected chi connectivity index (χ2v) is 5.39. The number of thioether (sulfide) groups is 1. The van der Waals surface area contributed by atoms with Gasteiger partial charge in [-0.2, -0.15) is 0 Å². The molecule has 0 atom stereocenters. The summed E-state index contributed by atoms with van der Waals surface area (Å²) in [6.07, 6.45) is 0. The Morgan fingerprint density at radius 1 is 1.14 bits per heavy atom. The average Bonchev–Trinajstić information content (AvgIpc) is 2.47. The zero-order valence-corrected chi connectivity index (χ0v) is 11.9. The highest BCUT2D eigenvalue weighted by atomic mass is 32.2. The lowest BCUT2D eigenvalue weighted by atomic mass is 10.2. The first-order valence-corrected chi connectivity index (χ1v) is 7.23. The topological polar surface area (TPSA) is 55.1 Å². The Hall–Kier alpha value is -2.08. The minimum Gasteiger partial charge on any atom is -0.396 e. The molecular formula is C15H14F2N2OS. The lowest BCUT2D eigenvalue weighted by molar-refractivity contribution is -0.118. The van der Waals surface area contributed by atoms with Crippen molar-refractivity contribution < 1.29 is 13.6 Å². The smallest absolute Gasteiger partial charge is 0.230 e. The van der Waals surface area contributed by atoms with Crippen molar-refractivity contribution in [2.45, 2.75) is 11.4 Å². The molecule has 0 unspecified atom stereocenters. The van der Waals surface area contributed by atoms with Crippen LogP contribution < -0.4 is 11.1 Å². The number of halogens is 2. The maximum absolute atomic E-state index is 13.4. The molecule has 0 aromatic heterocycles. The van der Waals surface area contributed by atoms with Crippen LogP contribution in [0.1, 0.15) is 5.56 Å². The van der Waals surface area contributed by atoms with E-state index in [-0.39, 0.29) is 29.7 Å². The van der Waals surface area contributed by atoms with Crippen LogP contribution in [0.25, 0.3) is 0 Å². The summed E-state index contributed by atoms with van der Waals surface area (Å²) in [6, 6.07) is 10.6. The molecule has 21 heavy (non-hydrogen) atoms. The van der Waals surface area contributed by atoms with Crippen molar-refractivity contribution in [2.24, 2.45) is 0 Å². The summed E-state index contributed by atoms with van der Waals surface area (Å²) in [5.41, 5.74) is 5.87. The molecular weight excluding hydrogens is 294 g/mol. The van der Waals surface area contributed by atoms with Gasteiger partial charge in [0.1, 0.15) is 11.6 Å². The van der Waals surface area contributed by atoms with E-state index in [1.807, 2.05) is 0 Å². The highest BCUT2D eigenvalue weighted by Crippen LogP contribution is 2.21. The van der Waals surface area contributed by atoms with E-state index >= 15 is 0 Å². The molecule has 2 aromatic carbocycles. The second-order valence-electron chi connectivity index (χ2n) is 4.34. The maximum Gasteiger partial charge on any atom is 0.230 e. The Bertz CT molecular complexity index is 649. The number of hydrogen-bond donors (Lipinski definition) is 2. The van der Waals surface area contributed by atoms with E-state index in [1.54, 1.807) is 24.3 Å². The number of anilines is 1. The lowest BCUT2D eigenvalue weighted by Gasteiger charge is -2.06. The number of benzene rings is 2. The van der Waals surface area contributed by atoms with Crippen LogP contribution in [0.4, 0.5) is 14.5 Å². The van der Waals surface area contributed by atoms with E-state index in [2.05, 4.69) is 5.32 Å².